The molecule has 0 aromatic rings. The number of allylic oxidation sites excluding steroid dienone is 1. The second-order valence-electron chi connectivity index (χ2n) is 8.78. The van der Waals surface area contributed by atoms with E-state index in [1.807, 2.05) is 6.92 Å². The molecular formula is C20H30O2. The number of fused-ring (bicyclic) bond motifs is 5. The van der Waals surface area contributed by atoms with Gasteiger partial charge in [-0.25, -0.2) is 0 Å². The van der Waals surface area contributed by atoms with E-state index < -0.39 is 0 Å². The second kappa shape index (κ2) is 5.19. The van der Waals surface area contributed by atoms with Crippen LogP contribution in [-0.4, -0.2) is 17.0 Å². The van der Waals surface area contributed by atoms with Crippen molar-refractivity contribution in [1.82, 2.24) is 0 Å². The largest absolute Gasteiger partial charge is 0.393 e. The number of ketones is 1. The average molecular weight is 302 g/mol. The van der Waals surface area contributed by atoms with Gasteiger partial charge in [-0.2, -0.15) is 0 Å². The maximum Gasteiger partial charge on any atom is 0.133 e. The van der Waals surface area contributed by atoms with Crippen LogP contribution in [0.3, 0.4) is 0 Å². The Morgan fingerprint density at radius 3 is 2.77 bits per heavy atom. The van der Waals surface area contributed by atoms with Gasteiger partial charge in [-0.1, -0.05) is 18.6 Å². The molecule has 0 heterocycles. The zero-order valence-corrected chi connectivity index (χ0v) is 14.1. The standard InChI is InChI=1S/C20H30O2/c1-12(21)18-7-8-19-17-5-3-13-11-14(22)4-6-15(13)16(17)9-10-20(18,19)2/h3,14-19,22H,4-11H2,1-2H3. The molecule has 2 heteroatoms. The summed E-state index contributed by atoms with van der Waals surface area (Å²) in [6.45, 7) is 4.22. The summed E-state index contributed by atoms with van der Waals surface area (Å²) in [6.07, 6.45) is 11.6. The summed E-state index contributed by atoms with van der Waals surface area (Å²) in [5.41, 5.74) is 1.83. The molecule has 122 valence electrons. The predicted molar refractivity (Wildman–Crippen MR) is 87.3 cm³/mol. The summed E-state index contributed by atoms with van der Waals surface area (Å²) < 4.78 is 0. The van der Waals surface area contributed by atoms with Crippen molar-refractivity contribution in [3.05, 3.63) is 11.6 Å². The third kappa shape index (κ3) is 2.06. The first-order valence-corrected chi connectivity index (χ1v) is 9.38. The molecule has 0 bridgehead atoms. The van der Waals surface area contributed by atoms with Crippen molar-refractivity contribution < 1.29 is 9.90 Å². The lowest BCUT2D eigenvalue weighted by molar-refractivity contribution is -0.126. The zero-order valence-electron chi connectivity index (χ0n) is 14.1. The normalized spacial score (nSPS) is 50.6. The van der Waals surface area contributed by atoms with Gasteiger partial charge in [0.15, 0.2) is 0 Å². The van der Waals surface area contributed by atoms with E-state index in [9.17, 15) is 9.90 Å². The van der Waals surface area contributed by atoms with Crippen molar-refractivity contribution in [2.24, 2.45) is 35.0 Å². The highest BCUT2D eigenvalue weighted by molar-refractivity contribution is 5.79. The Kier molecular flexibility index (Phi) is 3.52. The molecule has 0 aromatic carbocycles. The summed E-state index contributed by atoms with van der Waals surface area (Å²) in [5.74, 6) is 3.87. The van der Waals surface area contributed by atoms with E-state index in [1.54, 1.807) is 5.57 Å². The van der Waals surface area contributed by atoms with Crippen molar-refractivity contribution in [2.75, 3.05) is 0 Å². The highest BCUT2D eigenvalue weighted by Crippen LogP contribution is 2.63. The van der Waals surface area contributed by atoms with Gasteiger partial charge in [0, 0.05) is 5.92 Å². The minimum Gasteiger partial charge on any atom is -0.393 e. The Labute approximate surface area is 134 Å². The molecule has 0 amide bonds. The number of aliphatic hydroxyl groups excluding tert-OH is 1. The molecule has 3 fully saturated rings. The van der Waals surface area contributed by atoms with E-state index in [1.165, 1.54) is 32.1 Å². The molecule has 2 nitrogen and oxygen atoms in total. The number of carbonyl (C=O) groups excluding carboxylic acids is 1. The van der Waals surface area contributed by atoms with Crippen LogP contribution in [0.25, 0.3) is 0 Å². The maximum absolute atomic E-state index is 12.1. The van der Waals surface area contributed by atoms with Crippen LogP contribution >= 0.6 is 0 Å². The van der Waals surface area contributed by atoms with Crippen LogP contribution in [0.4, 0.5) is 0 Å². The molecule has 22 heavy (non-hydrogen) atoms. The maximum atomic E-state index is 12.1. The van der Waals surface area contributed by atoms with Gasteiger partial charge in [0.2, 0.25) is 0 Å². The minimum absolute atomic E-state index is 0.0959. The number of rotatable bonds is 1. The molecule has 0 aromatic heterocycles. The van der Waals surface area contributed by atoms with Crippen molar-refractivity contribution in [1.29, 1.82) is 0 Å². The van der Waals surface area contributed by atoms with Crippen LogP contribution in [0, 0.1) is 35.0 Å². The topological polar surface area (TPSA) is 37.3 Å². The smallest absolute Gasteiger partial charge is 0.133 e. The van der Waals surface area contributed by atoms with Crippen molar-refractivity contribution in [2.45, 2.75) is 71.3 Å². The third-order valence-corrected chi connectivity index (χ3v) is 7.91. The molecular weight excluding hydrogens is 272 g/mol. The van der Waals surface area contributed by atoms with E-state index in [0.717, 1.165) is 42.9 Å². The van der Waals surface area contributed by atoms with Crippen molar-refractivity contribution >= 4 is 5.78 Å². The minimum atomic E-state index is -0.0959. The van der Waals surface area contributed by atoms with Crippen LogP contribution in [0.2, 0.25) is 0 Å². The van der Waals surface area contributed by atoms with Gasteiger partial charge >= 0.3 is 0 Å². The van der Waals surface area contributed by atoms with Gasteiger partial charge in [-0.05, 0) is 87.4 Å². The SMILES string of the molecule is CC(=O)C1CCC2C3CC=C4CC(O)CCC4C3CCC12C. The molecule has 7 atom stereocenters. The highest BCUT2D eigenvalue weighted by Gasteiger charge is 2.56. The fourth-order valence-electron chi connectivity index (χ4n) is 6.92. The molecule has 4 rings (SSSR count). The Balaban J connectivity index is 1.61. The Bertz CT molecular complexity index is 508. The molecule has 1 N–H and O–H groups in total. The van der Waals surface area contributed by atoms with Crippen molar-refractivity contribution in [3.63, 3.8) is 0 Å². The predicted octanol–water partition coefficient (Wildman–Crippen LogP) is 4.13. The van der Waals surface area contributed by atoms with E-state index in [-0.39, 0.29) is 11.5 Å². The van der Waals surface area contributed by atoms with Crippen LogP contribution < -0.4 is 0 Å². The number of hydrogen-bond donors (Lipinski definition) is 1. The summed E-state index contributed by atoms with van der Waals surface area (Å²) in [7, 11) is 0. The number of carbonyl (C=O) groups is 1. The Morgan fingerprint density at radius 2 is 2.00 bits per heavy atom. The second-order valence-corrected chi connectivity index (χ2v) is 8.78. The summed E-state index contributed by atoms with van der Waals surface area (Å²) in [4.78, 5) is 12.1. The van der Waals surface area contributed by atoms with E-state index in [2.05, 4.69) is 13.0 Å². The summed E-state index contributed by atoms with van der Waals surface area (Å²) in [5, 5.41) is 9.95. The first kappa shape index (κ1) is 14.9. The number of aliphatic hydroxyl groups is 1. The molecule has 0 radical (unpaired) electrons. The lowest BCUT2D eigenvalue weighted by Crippen LogP contribution is -2.47. The van der Waals surface area contributed by atoms with E-state index in [0.29, 0.717) is 11.7 Å². The Morgan fingerprint density at radius 1 is 1.18 bits per heavy atom. The summed E-state index contributed by atoms with van der Waals surface area (Å²) >= 11 is 0. The highest BCUT2D eigenvalue weighted by atomic mass is 16.3. The van der Waals surface area contributed by atoms with Gasteiger partial charge < -0.3 is 5.11 Å². The van der Waals surface area contributed by atoms with E-state index in [4.69, 9.17) is 0 Å². The number of hydrogen-bond acceptors (Lipinski definition) is 2. The molecule has 4 aliphatic carbocycles. The molecule has 0 spiro atoms. The Hall–Kier alpha value is -0.630. The lowest BCUT2D eigenvalue weighted by Gasteiger charge is -2.53. The lowest BCUT2D eigenvalue weighted by atomic mass is 9.51. The molecule has 4 aliphatic rings. The first-order valence-electron chi connectivity index (χ1n) is 9.38. The average Bonchev–Trinajstić information content (AvgIpc) is 2.84. The van der Waals surface area contributed by atoms with Gasteiger partial charge in [0.1, 0.15) is 5.78 Å². The van der Waals surface area contributed by atoms with Crippen LogP contribution in [0.5, 0.6) is 0 Å². The molecule has 3 saturated carbocycles. The summed E-state index contributed by atoms with van der Waals surface area (Å²) in [6, 6.07) is 0. The fourth-order valence-corrected chi connectivity index (χ4v) is 6.92. The molecule has 0 saturated heterocycles. The van der Waals surface area contributed by atoms with Gasteiger partial charge in [0.25, 0.3) is 0 Å². The van der Waals surface area contributed by atoms with Gasteiger partial charge in [-0.3, -0.25) is 4.79 Å². The van der Waals surface area contributed by atoms with E-state index >= 15 is 0 Å². The first-order chi connectivity index (χ1) is 10.5. The molecule has 0 aliphatic heterocycles. The van der Waals surface area contributed by atoms with Gasteiger partial charge in [-0.15, -0.1) is 0 Å². The van der Waals surface area contributed by atoms with Gasteiger partial charge in [0.05, 0.1) is 6.10 Å². The monoisotopic (exact) mass is 302 g/mol. The zero-order chi connectivity index (χ0) is 15.5. The fraction of sp³-hybridized carbons (Fsp3) is 0.850. The van der Waals surface area contributed by atoms with Crippen LogP contribution in [0.1, 0.15) is 65.2 Å². The van der Waals surface area contributed by atoms with Crippen LogP contribution in [0.15, 0.2) is 11.6 Å². The van der Waals surface area contributed by atoms with Crippen molar-refractivity contribution in [3.8, 4) is 0 Å². The van der Waals surface area contributed by atoms with Crippen LogP contribution in [-0.2, 0) is 4.79 Å². The number of Topliss-reactive ketones (excluding diaryl/α,β-unsaturated/α-hetero) is 1. The third-order valence-electron chi connectivity index (χ3n) is 7.91. The quantitative estimate of drug-likeness (QED) is 0.740. The molecule has 7 unspecified atom stereocenters.